The third kappa shape index (κ3) is 2.00. The minimum atomic E-state index is -0.803. The predicted octanol–water partition coefficient (Wildman–Crippen LogP) is -0.184. The summed E-state index contributed by atoms with van der Waals surface area (Å²) in [7, 11) is 0. The number of aromatic nitrogens is 4. The molecule has 0 aromatic carbocycles. The maximum Gasteiger partial charge on any atom is 0.144 e. The first-order valence-electron chi connectivity index (χ1n) is 5.22. The lowest BCUT2D eigenvalue weighted by Crippen LogP contribution is -2.52. The van der Waals surface area contributed by atoms with Crippen LogP contribution in [0.3, 0.4) is 0 Å². The third-order valence-electron chi connectivity index (χ3n) is 2.73. The predicted molar refractivity (Wildman–Crippen MR) is 62.7 cm³/mol. The molecule has 0 atom stereocenters. The molecule has 2 heterocycles. The van der Waals surface area contributed by atoms with Crippen molar-refractivity contribution in [3.8, 4) is 0 Å². The maximum atomic E-state index is 5.85. The van der Waals surface area contributed by atoms with Crippen LogP contribution in [0.1, 0.15) is 18.6 Å². The molecule has 6 heteroatoms. The molecule has 0 unspecified atom stereocenters. The van der Waals surface area contributed by atoms with Crippen molar-refractivity contribution in [3.05, 3.63) is 48.6 Å². The van der Waals surface area contributed by atoms with Crippen LogP contribution in [-0.4, -0.2) is 26.1 Å². The minimum absolute atomic E-state index is 0.515. The number of hydrogen-bond acceptors (Lipinski definition) is 6. The first-order valence-corrected chi connectivity index (χ1v) is 5.22. The Morgan fingerprint density at radius 1 is 0.882 bits per heavy atom. The normalized spacial score (nSPS) is 11.8. The summed E-state index contributed by atoms with van der Waals surface area (Å²) in [6, 6.07) is 3.47. The van der Waals surface area contributed by atoms with E-state index in [2.05, 4.69) is 19.9 Å². The van der Waals surface area contributed by atoms with Gasteiger partial charge in [0.05, 0.1) is 6.17 Å². The maximum absolute atomic E-state index is 5.85. The molecule has 88 valence electrons. The zero-order chi connectivity index (χ0) is 12.3. The Labute approximate surface area is 99.1 Å². The van der Waals surface area contributed by atoms with E-state index in [0.29, 0.717) is 11.6 Å². The van der Waals surface area contributed by atoms with Crippen molar-refractivity contribution in [2.24, 2.45) is 11.5 Å². The lowest BCUT2D eigenvalue weighted by atomic mass is 9.85. The Morgan fingerprint density at radius 2 is 1.24 bits per heavy atom. The molecule has 0 radical (unpaired) electrons. The van der Waals surface area contributed by atoms with E-state index in [1.54, 1.807) is 36.9 Å². The number of rotatable bonds is 3. The summed E-state index contributed by atoms with van der Waals surface area (Å²) in [5, 5.41) is 0. The largest absolute Gasteiger partial charge is 0.315 e. The second-order valence-electron chi connectivity index (χ2n) is 3.87. The topological polar surface area (TPSA) is 104 Å². The van der Waals surface area contributed by atoms with Crippen molar-refractivity contribution < 1.29 is 0 Å². The summed E-state index contributed by atoms with van der Waals surface area (Å²) in [4.78, 5) is 16.8. The van der Waals surface area contributed by atoms with E-state index in [1.165, 1.54) is 0 Å². The van der Waals surface area contributed by atoms with Crippen LogP contribution in [-0.2, 0) is 5.41 Å². The molecule has 2 aromatic heterocycles. The third-order valence-corrected chi connectivity index (χ3v) is 2.73. The fraction of sp³-hybridized carbons (Fsp3) is 0.273. The van der Waals surface area contributed by atoms with E-state index < -0.39 is 11.6 Å². The van der Waals surface area contributed by atoms with Crippen molar-refractivity contribution in [2.75, 3.05) is 0 Å². The van der Waals surface area contributed by atoms with Crippen molar-refractivity contribution >= 4 is 0 Å². The molecular formula is C11H14N6. The Bertz CT molecular complexity index is 430. The van der Waals surface area contributed by atoms with Gasteiger partial charge in [-0.1, -0.05) is 0 Å². The summed E-state index contributed by atoms with van der Waals surface area (Å²) in [6.45, 7) is 1.84. The summed E-state index contributed by atoms with van der Waals surface area (Å²) in [5.74, 6) is 1.03. The van der Waals surface area contributed by atoms with Gasteiger partial charge in [0, 0.05) is 24.8 Å². The van der Waals surface area contributed by atoms with Crippen molar-refractivity contribution in [3.63, 3.8) is 0 Å². The number of nitrogens with zero attached hydrogens (tertiary/aromatic N) is 4. The average molecular weight is 230 g/mol. The second kappa shape index (κ2) is 4.52. The van der Waals surface area contributed by atoms with Crippen LogP contribution in [0, 0.1) is 0 Å². The summed E-state index contributed by atoms with van der Waals surface area (Å²) >= 11 is 0. The molecule has 0 aliphatic rings. The molecule has 0 aliphatic carbocycles. The highest BCUT2D eigenvalue weighted by atomic mass is 15.0. The van der Waals surface area contributed by atoms with Gasteiger partial charge in [-0.2, -0.15) is 0 Å². The quantitative estimate of drug-likeness (QED) is 0.709. The van der Waals surface area contributed by atoms with Crippen LogP contribution in [0.5, 0.6) is 0 Å². The molecular weight excluding hydrogens is 216 g/mol. The lowest BCUT2D eigenvalue weighted by molar-refractivity contribution is 0.406. The van der Waals surface area contributed by atoms with E-state index in [9.17, 15) is 0 Å². The molecule has 6 nitrogen and oxygen atoms in total. The van der Waals surface area contributed by atoms with Crippen LogP contribution >= 0.6 is 0 Å². The molecule has 0 spiro atoms. The van der Waals surface area contributed by atoms with E-state index in [1.807, 2.05) is 6.92 Å². The van der Waals surface area contributed by atoms with Crippen LogP contribution in [0.25, 0.3) is 0 Å². The van der Waals surface area contributed by atoms with Gasteiger partial charge in [-0.25, -0.2) is 19.9 Å². The van der Waals surface area contributed by atoms with Gasteiger partial charge < -0.3 is 11.5 Å². The van der Waals surface area contributed by atoms with Gasteiger partial charge in [-0.15, -0.1) is 0 Å². The molecule has 0 amide bonds. The Kier molecular flexibility index (Phi) is 3.08. The van der Waals surface area contributed by atoms with Crippen LogP contribution in [0.15, 0.2) is 36.9 Å². The Morgan fingerprint density at radius 3 is 1.53 bits per heavy atom. The average Bonchev–Trinajstić information content (AvgIpc) is 2.39. The minimum Gasteiger partial charge on any atom is -0.315 e. The molecule has 2 rings (SSSR count). The summed E-state index contributed by atoms with van der Waals surface area (Å²) < 4.78 is 0. The van der Waals surface area contributed by atoms with Gasteiger partial charge in [-0.3, -0.25) is 0 Å². The summed E-state index contributed by atoms with van der Waals surface area (Å²) in [6.07, 6.45) is 5.89. The highest BCUT2D eigenvalue weighted by Crippen LogP contribution is 2.26. The van der Waals surface area contributed by atoms with Gasteiger partial charge in [0.2, 0.25) is 0 Å². The van der Waals surface area contributed by atoms with E-state index in [-0.39, 0.29) is 0 Å². The molecule has 4 N–H and O–H groups in total. The monoisotopic (exact) mass is 230 g/mol. The first-order chi connectivity index (χ1) is 8.15. The molecule has 17 heavy (non-hydrogen) atoms. The summed E-state index contributed by atoms with van der Waals surface area (Å²) in [5.41, 5.74) is 10.9. The van der Waals surface area contributed by atoms with Gasteiger partial charge in [0.1, 0.15) is 17.1 Å². The van der Waals surface area contributed by atoms with E-state index in [0.717, 1.165) is 0 Å². The van der Waals surface area contributed by atoms with Crippen molar-refractivity contribution in [2.45, 2.75) is 18.5 Å². The number of hydrogen-bond donors (Lipinski definition) is 2. The van der Waals surface area contributed by atoms with E-state index in [4.69, 9.17) is 11.5 Å². The lowest BCUT2D eigenvalue weighted by Gasteiger charge is -2.29. The molecule has 0 saturated heterocycles. The smallest absolute Gasteiger partial charge is 0.144 e. The fourth-order valence-corrected chi connectivity index (χ4v) is 1.53. The zero-order valence-electron chi connectivity index (χ0n) is 9.49. The Hall–Kier alpha value is -1.92. The molecule has 0 bridgehead atoms. The zero-order valence-corrected chi connectivity index (χ0v) is 9.49. The highest BCUT2D eigenvalue weighted by molar-refractivity contribution is 5.23. The fourth-order valence-electron chi connectivity index (χ4n) is 1.53. The van der Waals surface area contributed by atoms with Crippen LogP contribution in [0.4, 0.5) is 0 Å². The van der Waals surface area contributed by atoms with Gasteiger partial charge >= 0.3 is 0 Å². The van der Waals surface area contributed by atoms with Crippen molar-refractivity contribution in [1.29, 1.82) is 0 Å². The second-order valence-corrected chi connectivity index (χ2v) is 3.87. The standard InChI is InChI=1S/C11H14N6/c1-11(8(12)13,9-14-4-2-5-15-9)10-16-6-3-7-17-10/h2-8H,12-13H2,1H3. The molecule has 0 aliphatic heterocycles. The highest BCUT2D eigenvalue weighted by Gasteiger charge is 2.39. The van der Waals surface area contributed by atoms with Gasteiger partial charge in [0.25, 0.3) is 0 Å². The SMILES string of the molecule is CC(c1ncccn1)(c1ncccn1)C(N)N. The Balaban J connectivity index is 2.55. The molecule has 0 fully saturated rings. The number of nitrogens with two attached hydrogens (primary N) is 2. The first kappa shape index (κ1) is 11.6. The van der Waals surface area contributed by atoms with Gasteiger partial charge in [0.15, 0.2) is 0 Å². The van der Waals surface area contributed by atoms with Crippen molar-refractivity contribution in [1.82, 2.24) is 19.9 Å². The molecule has 0 saturated carbocycles. The van der Waals surface area contributed by atoms with Crippen LogP contribution in [0.2, 0.25) is 0 Å². The molecule has 2 aromatic rings. The van der Waals surface area contributed by atoms with Gasteiger partial charge in [-0.05, 0) is 19.1 Å². The van der Waals surface area contributed by atoms with E-state index >= 15 is 0 Å². The van der Waals surface area contributed by atoms with Crippen LogP contribution < -0.4 is 11.5 Å².